The Bertz CT molecular complexity index is 859. The Labute approximate surface area is 169 Å². The van der Waals surface area contributed by atoms with Crippen LogP contribution < -0.4 is 10.6 Å². The van der Waals surface area contributed by atoms with E-state index in [-0.39, 0.29) is 12.5 Å². The van der Waals surface area contributed by atoms with Crippen molar-refractivity contribution in [2.45, 2.75) is 18.3 Å². The summed E-state index contributed by atoms with van der Waals surface area (Å²) in [5.41, 5.74) is 1.31. The van der Waals surface area contributed by atoms with Crippen LogP contribution in [-0.2, 0) is 24.5 Å². The maximum absolute atomic E-state index is 13.2. The summed E-state index contributed by atoms with van der Waals surface area (Å²) in [4.78, 5) is 36.4. The second-order valence-electron chi connectivity index (χ2n) is 6.85. The summed E-state index contributed by atoms with van der Waals surface area (Å²) >= 11 is 0. The number of carbonyl (C=O) groups is 3. The highest BCUT2D eigenvalue weighted by atomic mass is 16.5. The van der Waals surface area contributed by atoms with Crippen LogP contribution in [0, 0.1) is 0 Å². The van der Waals surface area contributed by atoms with Crippen molar-refractivity contribution in [2.24, 2.45) is 0 Å². The number of esters is 1. The zero-order chi connectivity index (χ0) is 20.7. The largest absolute Gasteiger partial charge is 0.468 e. The molecule has 1 fully saturated rings. The zero-order valence-electron chi connectivity index (χ0n) is 16.3. The number of hydrogen-bond acceptors (Lipinski definition) is 5. The number of nitrogens with one attached hydrogen (secondary N) is 2. The van der Waals surface area contributed by atoms with Gasteiger partial charge in [-0.2, -0.15) is 0 Å². The molecule has 2 aromatic rings. The number of carbonyl (C=O) groups excluding carboxylic acids is 3. The van der Waals surface area contributed by atoms with E-state index >= 15 is 0 Å². The normalized spacial score (nSPS) is 15.2. The number of benzene rings is 2. The van der Waals surface area contributed by atoms with Crippen LogP contribution in [0.4, 0.5) is 5.69 Å². The van der Waals surface area contributed by atoms with Gasteiger partial charge in [-0.15, -0.1) is 0 Å². The second-order valence-corrected chi connectivity index (χ2v) is 6.85. The molecule has 152 valence electrons. The van der Waals surface area contributed by atoms with Gasteiger partial charge in [0.15, 0.2) is 0 Å². The highest BCUT2D eigenvalue weighted by Crippen LogP contribution is 2.36. The maximum Gasteiger partial charge on any atom is 0.325 e. The monoisotopic (exact) mass is 396 g/mol. The van der Waals surface area contributed by atoms with Gasteiger partial charge in [0.2, 0.25) is 5.91 Å². The van der Waals surface area contributed by atoms with Gasteiger partial charge in [-0.1, -0.05) is 30.3 Å². The number of amides is 2. The Morgan fingerprint density at radius 3 is 2.28 bits per heavy atom. The molecule has 0 bridgehead atoms. The van der Waals surface area contributed by atoms with Gasteiger partial charge in [0.25, 0.3) is 5.91 Å². The number of methoxy groups -OCH3 is 1. The number of hydrogen-bond donors (Lipinski definition) is 2. The minimum atomic E-state index is -0.643. The Balaban J connectivity index is 1.70. The maximum atomic E-state index is 13.2. The molecule has 0 saturated carbocycles. The SMILES string of the molecule is COC(=O)CNC(=O)c1ccc(NC(=O)C2(c3ccccc3)CCOCC2)cc1. The molecule has 29 heavy (non-hydrogen) atoms. The van der Waals surface area contributed by atoms with E-state index < -0.39 is 17.3 Å². The van der Waals surface area contributed by atoms with E-state index in [0.29, 0.717) is 37.3 Å². The summed E-state index contributed by atoms with van der Waals surface area (Å²) in [6.07, 6.45) is 1.22. The van der Waals surface area contributed by atoms with Gasteiger partial charge >= 0.3 is 5.97 Å². The minimum absolute atomic E-state index is 0.0881. The molecule has 2 aromatic carbocycles. The number of rotatable bonds is 6. The fourth-order valence-corrected chi connectivity index (χ4v) is 3.41. The molecular formula is C22H24N2O5. The summed E-state index contributed by atoms with van der Waals surface area (Å²) < 4.78 is 9.97. The van der Waals surface area contributed by atoms with E-state index in [0.717, 1.165) is 5.56 Å². The van der Waals surface area contributed by atoms with Crippen molar-refractivity contribution in [3.63, 3.8) is 0 Å². The topological polar surface area (TPSA) is 93.7 Å². The first kappa shape index (κ1) is 20.5. The van der Waals surface area contributed by atoms with Gasteiger partial charge in [0.05, 0.1) is 12.5 Å². The van der Waals surface area contributed by atoms with Crippen LogP contribution in [0.5, 0.6) is 0 Å². The third-order valence-electron chi connectivity index (χ3n) is 5.13. The molecule has 7 nitrogen and oxygen atoms in total. The molecule has 0 spiro atoms. The summed E-state index contributed by atoms with van der Waals surface area (Å²) in [7, 11) is 1.26. The van der Waals surface area contributed by atoms with Crippen molar-refractivity contribution in [3.05, 3.63) is 65.7 Å². The highest BCUT2D eigenvalue weighted by Gasteiger charge is 2.41. The third kappa shape index (κ3) is 4.81. The molecule has 2 amide bonds. The van der Waals surface area contributed by atoms with Gasteiger partial charge in [0.1, 0.15) is 6.54 Å². The molecular weight excluding hydrogens is 372 g/mol. The summed E-state index contributed by atoms with van der Waals surface area (Å²) in [5, 5.41) is 5.45. The first-order valence-corrected chi connectivity index (χ1v) is 9.45. The molecule has 1 heterocycles. The summed E-state index contributed by atoms with van der Waals surface area (Å²) in [5.74, 6) is -1.00. The lowest BCUT2D eigenvalue weighted by Gasteiger charge is -2.36. The molecule has 0 radical (unpaired) electrons. The van der Waals surface area contributed by atoms with Crippen molar-refractivity contribution < 1.29 is 23.9 Å². The molecule has 0 aromatic heterocycles. The van der Waals surface area contributed by atoms with E-state index in [4.69, 9.17) is 4.74 Å². The molecule has 2 N–H and O–H groups in total. The van der Waals surface area contributed by atoms with E-state index in [1.807, 2.05) is 30.3 Å². The van der Waals surface area contributed by atoms with Gasteiger partial charge in [-0.3, -0.25) is 14.4 Å². The Morgan fingerprint density at radius 2 is 1.66 bits per heavy atom. The summed E-state index contributed by atoms with van der Waals surface area (Å²) in [6.45, 7) is 0.860. The molecule has 7 heteroatoms. The van der Waals surface area contributed by atoms with Crippen molar-refractivity contribution >= 4 is 23.5 Å². The van der Waals surface area contributed by atoms with Gasteiger partial charge < -0.3 is 20.1 Å². The Kier molecular flexibility index (Phi) is 6.61. The predicted molar refractivity (Wildman–Crippen MR) is 108 cm³/mol. The van der Waals surface area contributed by atoms with Crippen LogP contribution in [0.2, 0.25) is 0 Å². The quantitative estimate of drug-likeness (QED) is 0.731. The molecule has 1 aliphatic heterocycles. The molecule has 1 aliphatic rings. The Hall–Kier alpha value is -3.19. The minimum Gasteiger partial charge on any atom is -0.468 e. The first-order valence-electron chi connectivity index (χ1n) is 9.45. The highest BCUT2D eigenvalue weighted by molar-refractivity contribution is 6.00. The van der Waals surface area contributed by atoms with Gasteiger partial charge in [0, 0.05) is 24.5 Å². The van der Waals surface area contributed by atoms with Gasteiger partial charge in [-0.05, 0) is 42.7 Å². The molecule has 0 aliphatic carbocycles. The van der Waals surface area contributed by atoms with Crippen LogP contribution in [0.3, 0.4) is 0 Å². The lowest BCUT2D eigenvalue weighted by Crippen LogP contribution is -2.44. The van der Waals surface area contributed by atoms with E-state index in [1.165, 1.54) is 7.11 Å². The molecule has 3 rings (SSSR count). The van der Waals surface area contributed by atoms with Crippen molar-refractivity contribution in [3.8, 4) is 0 Å². The molecule has 0 atom stereocenters. The van der Waals surface area contributed by atoms with Crippen LogP contribution in [0.25, 0.3) is 0 Å². The van der Waals surface area contributed by atoms with E-state index in [9.17, 15) is 14.4 Å². The fraction of sp³-hybridized carbons (Fsp3) is 0.318. The lowest BCUT2D eigenvalue weighted by molar-refractivity contribution is -0.139. The van der Waals surface area contributed by atoms with Crippen molar-refractivity contribution in [1.29, 1.82) is 0 Å². The zero-order valence-corrected chi connectivity index (χ0v) is 16.3. The van der Waals surface area contributed by atoms with E-state index in [2.05, 4.69) is 15.4 Å². The van der Waals surface area contributed by atoms with Crippen LogP contribution in [0.15, 0.2) is 54.6 Å². The Morgan fingerprint density at radius 1 is 1.00 bits per heavy atom. The molecule has 1 saturated heterocycles. The number of ether oxygens (including phenoxy) is 2. The lowest BCUT2D eigenvalue weighted by atomic mass is 9.73. The van der Waals surface area contributed by atoms with Crippen LogP contribution in [0.1, 0.15) is 28.8 Å². The summed E-state index contributed by atoms with van der Waals surface area (Å²) in [6, 6.07) is 16.3. The van der Waals surface area contributed by atoms with Crippen LogP contribution >= 0.6 is 0 Å². The molecule has 0 unspecified atom stereocenters. The van der Waals surface area contributed by atoms with Crippen molar-refractivity contribution in [1.82, 2.24) is 5.32 Å². The second kappa shape index (κ2) is 9.34. The average molecular weight is 396 g/mol. The predicted octanol–water partition coefficient (Wildman–Crippen LogP) is 2.28. The third-order valence-corrected chi connectivity index (χ3v) is 5.13. The average Bonchev–Trinajstić information content (AvgIpc) is 2.78. The smallest absolute Gasteiger partial charge is 0.325 e. The standard InChI is InChI=1S/C22H24N2O5/c1-28-19(25)15-23-20(26)16-7-9-18(10-8-16)24-21(27)22(11-13-29-14-12-22)17-5-3-2-4-6-17/h2-10H,11-15H2,1H3,(H,23,26)(H,24,27). The number of anilines is 1. The van der Waals surface area contributed by atoms with E-state index in [1.54, 1.807) is 24.3 Å². The van der Waals surface area contributed by atoms with Gasteiger partial charge in [-0.25, -0.2) is 0 Å². The van der Waals surface area contributed by atoms with Crippen LogP contribution in [-0.4, -0.2) is 44.7 Å². The fourth-order valence-electron chi connectivity index (χ4n) is 3.41. The van der Waals surface area contributed by atoms with Crippen molar-refractivity contribution in [2.75, 3.05) is 32.2 Å². The first-order chi connectivity index (χ1) is 14.0.